The van der Waals surface area contributed by atoms with E-state index in [0.717, 1.165) is 34.4 Å². The Morgan fingerprint density at radius 2 is 1.88 bits per heavy atom. The van der Waals surface area contributed by atoms with E-state index in [-0.39, 0.29) is 17.8 Å². The summed E-state index contributed by atoms with van der Waals surface area (Å²) in [5.74, 6) is 0.377. The number of carbonyl (C=O) groups is 1. The SMILES string of the molecule is NCc1ccc2c(c1)CCN([C@@H](Cc1ccccc1)c1ncc(-c3cccc(F)c3)[nH]1)C2=O. The molecule has 1 aliphatic rings. The van der Waals surface area contributed by atoms with E-state index in [1.54, 1.807) is 12.3 Å². The molecule has 5 rings (SSSR count). The largest absolute Gasteiger partial charge is 0.340 e. The Hall–Kier alpha value is -3.77. The molecule has 0 saturated carbocycles. The molecule has 5 nitrogen and oxygen atoms in total. The smallest absolute Gasteiger partial charge is 0.254 e. The molecule has 1 aliphatic heterocycles. The normalized spacial score (nSPS) is 14.2. The second kappa shape index (κ2) is 9.00. The van der Waals surface area contributed by atoms with E-state index in [9.17, 15) is 9.18 Å². The third-order valence-electron chi connectivity index (χ3n) is 6.21. The second-order valence-electron chi connectivity index (χ2n) is 8.34. The van der Waals surface area contributed by atoms with E-state index in [0.29, 0.717) is 30.9 Å². The number of hydrogen-bond acceptors (Lipinski definition) is 3. The lowest BCUT2D eigenvalue weighted by molar-refractivity contribution is 0.0648. The number of nitrogens with one attached hydrogen (secondary N) is 1. The molecule has 1 amide bonds. The van der Waals surface area contributed by atoms with Gasteiger partial charge in [-0.25, -0.2) is 9.37 Å². The number of rotatable bonds is 6. The zero-order valence-electron chi connectivity index (χ0n) is 18.2. The summed E-state index contributed by atoms with van der Waals surface area (Å²) in [7, 11) is 0. The Morgan fingerprint density at radius 1 is 1.03 bits per heavy atom. The lowest BCUT2D eigenvalue weighted by Gasteiger charge is -2.35. The van der Waals surface area contributed by atoms with E-state index in [2.05, 4.69) is 22.1 Å². The van der Waals surface area contributed by atoms with Crippen molar-refractivity contribution in [1.29, 1.82) is 0 Å². The molecular weight excluding hydrogens is 415 g/mol. The minimum Gasteiger partial charge on any atom is -0.340 e. The summed E-state index contributed by atoms with van der Waals surface area (Å²) in [4.78, 5) is 23.4. The van der Waals surface area contributed by atoms with Crippen molar-refractivity contribution in [2.75, 3.05) is 6.54 Å². The van der Waals surface area contributed by atoms with Crippen molar-refractivity contribution in [2.45, 2.75) is 25.4 Å². The van der Waals surface area contributed by atoms with Crippen molar-refractivity contribution in [1.82, 2.24) is 14.9 Å². The van der Waals surface area contributed by atoms with Crippen LogP contribution in [0.2, 0.25) is 0 Å². The molecule has 33 heavy (non-hydrogen) atoms. The number of fused-ring (bicyclic) bond motifs is 1. The first-order valence-corrected chi connectivity index (χ1v) is 11.1. The van der Waals surface area contributed by atoms with Crippen LogP contribution in [-0.4, -0.2) is 27.3 Å². The minimum absolute atomic E-state index is 0.00976. The molecular formula is C27H25FN4O. The fourth-order valence-corrected chi connectivity index (χ4v) is 4.48. The number of aromatic nitrogens is 2. The fraction of sp³-hybridized carbons (Fsp3) is 0.185. The van der Waals surface area contributed by atoms with E-state index < -0.39 is 0 Å². The highest BCUT2D eigenvalue weighted by molar-refractivity contribution is 5.97. The summed E-state index contributed by atoms with van der Waals surface area (Å²) in [6, 6.07) is 22.0. The van der Waals surface area contributed by atoms with Crippen molar-refractivity contribution in [3.8, 4) is 11.3 Å². The quantitative estimate of drug-likeness (QED) is 0.458. The Morgan fingerprint density at radius 3 is 2.67 bits per heavy atom. The molecule has 0 spiro atoms. The summed E-state index contributed by atoms with van der Waals surface area (Å²) in [6.45, 7) is 1.05. The molecule has 0 fully saturated rings. The van der Waals surface area contributed by atoms with Gasteiger partial charge >= 0.3 is 0 Å². The lowest BCUT2D eigenvalue weighted by atomic mass is 9.94. The highest BCUT2D eigenvalue weighted by atomic mass is 19.1. The molecule has 4 aromatic rings. The first-order valence-electron chi connectivity index (χ1n) is 11.1. The number of benzene rings is 3. The zero-order chi connectivity index (χ0) is 22.8. The molecule has 1 aromatic heterocycles. The van der Waals surface area contributed by atoms with Gasteiger partial charge in [0.2, 0.25) is 0 Å². The highest BCUT2D eigenvalue weighted by Crippen LogP contribution is 2.31. The van der Waals surface area contributed by atoms with E-state index in [4.69, 9.17) is 5.73 Å². The van der Waals surface area contributed by atoms with Crippen LogP contribution in [0.3, 0.4) is 0 Å². The molecule has 1 atom stereocenters. The van der Waals surface area contributed by atoms with Crippen LogP contribution >= 0.6 is 0 Å². The molecule has 2 heterocycles. The van der Waals surface area contributed by atoms with Gasteiger partial charge in [0.25, 0.3) is 5.91 Å². The van der Waals surface area contributed by atoms with Crippen LogP contribution < -0.4 is 5.73 Å². The maximum atomic E-state index is 13.7. The van der Waals surface area contributed by atoms with Crippen LogP contribution in [0, 0.1) is 5.82 Å². The maximum Gasteiger partial charge on any atom is 0.254 e. The number of carbonyl (C=O) groups excluding carboxylic acids is 1. The Balaban J connectivity index is 1.51. The molecule has 6 heteroatoms. The maximum absolute atomic E-state index is 13.7. The standard InChI is InChI=1S/C27H25FN4O/c28-22-8-4-7-21(15-22)24-17-30-26(31-24)25(14-18-5-2-1-3-6-18)32-12-11-20-13-19(16-29)9-10-23(20)27(32)33/h1-10,13,15,17,25H,11-12,14,16,29H2,(H,30,31)/t25-/m0/s1. The van der Waals surface area contributed by atoms with Crippen molar-refractivity contribution in [3.63, 3.8) is 0 Å². The number of aromatic amines is 1. The number of imidazole rings is 1. The van der Waals surface area contributed by atoms with Gasteiger partial charge < -0.3 is 15.6 Å². The minimum atomic E-state index is -0.302. The molecule has 166 valence electrons. The topological polar surface area (TPSA) is 75.0 Å². The number of hydrogen-bond donors (Lipinski definition) is 2. The van der Waals surface area contributed by atoms with Gasteiger partial charge in [-0.05, 0) is 41.3 Å². The van der Waals surface area contributed by atoms with Gasteiger partial charge in [0.15, 0.2) is 0 Å². The number of halogens is 1. The highest BCUT2D eigenvalue weighted by Gasteiger charge is 2.32. The summed E-state index contributed by atoms with van der Waals surface area (Å²) >= 11 is 0. The van der Waals surface area contributed by atoms with Crippen LogP contribution in [0.4, 0.5) is 4.39 Å². The Labute approximate surface area is 192 Å². The third-order valence-corrected chi connectivity index (χ3v) is 6.21. The molecule has 3 N–H and O–H groups in total. The molecule has 0 bridgehead atoms. The molecule has 0 radical (unpaired) electrons. The van der Waals surface area contributed by atoms with Gasteiger partial charge in [0.05, 0.1) is 17.9 Å². The second-order valence-corrected chi connectivity index (χ2v) is 8.34. The lowest BCUT2D eigenvalue weighted by Crippen LogP contribution is -2.41. The van der Waals surface area contributed by atoms with Crippen molar-refractivity contribution >= 4 is 5.91 Å². The predicted molar refractivity (Wildman–Crippen MR) is 126 cm³/mol. The zero-order valence-corrected chi connectivity index (χ0v) is 18.2. The fourth-order valence-electron chi connectivity index (χ4n) is 4.48. The Bertz CT molecular complexity index is 1280. The third kappa shape index (κ3) is 4.30. The number of nitrogens with two attached hydrogens (primary N) is 1. The average Bonchev–Trinajstić information content (AvgIpc) is 3.34. The average molecular weight is 441 g/mol. The van der Waals surface area contributed by atoms with Crippen LogP contribution in [0.5, 0.6) is 0 Å². The number of amides is 1. The molecule has 3 aromatic carbocycles. The molecule has 0 aliphatic carbocycles. The first-order chi connectivity index (χ1) is 16.1. The van der Waals surface area contributed by atoms with Crippen LogP contribution in [0.1, 0.15) is 38.9 Å². The first kappa shape index (κ1) is 21.1. The predicted octanol–water partition coefficient (Wildman–Crippen LogP) is 4.66. The summed E-state index contributed by atoms with van der Waals surface area (Å²) in [6.07, 6.45) is 3.09. The van der Waals surface area contributed by atoms with E-state index in [1.165, 1.54) is 12.1 Å². The summed E-state index contributed by atoms with van der Waals surface area (Å²) in [5.41, 5.74) is 11.1. The monoisotopic (exact) mass is 440 g/mol. The van der Waals surface area contributed by atoms with E-state index in [1.807, 2.05) is 47.4 Å². The molecule has 0 unspecified atom stereocenters. The van der Waals surface area contributed by atoms with Crippen molar-refractivity contribution in [2.24, 2.45) is 5.73 Å². The van der Waals surface area contributed by atoms with Crippen molar-refractivity contribution in [3.05, 3.63) is 113 Å². The van der Waals surface area contributed by atoms with E-state index >= 15 is 0 Å². The Kier molecular flexibility index (Phi) is 5.75. The van der Waals surface area contributed by atoms with Crippen LogP contribution in [0.25, 0.3) is 11.3 Å². The van der Waals surface area contributed by atoms with Gasteiger partial charge in [-0.15, -0.1) is 0 Å². The number of H-pyrrole nitrogens is 1. The van der Waals surface area contributed by atoms with Gasteiger partial charge in [0.1, 0.15) is 11.6 Å². The summed E-state index contributed by atoms with van der Waals surface area (Å²) < 4.78 is 13.7. The van der Waals surface area contributed by atoms with Gasteiger partial charge in [-0.1, -0.05) is 54.6 Å². The number of nitrogens with zero attached hydrogens (tertiary/aromatic N) is 2. The van der Waals surface area contributed by atoms with Gasteiger partial charge in [-0.3, -0.25) is 4.79 Å². The summed E-state index contributed by atoms with van der Waals surface area (Å²) in [5, 5.41) is 0. The molecule has 0 saturated heterocycles. The van der Waals surface area contributed by atoms with Gasteiger partial charge in [-0.2, -0.15) is 0 Å². The van der Waals surface area contributed by atoms with Crippen LogP contribution in [-0.2, 0) is 19.4 Å². The van der Waals surface area contributed by atoms with Crippen LogP contribution in [0.15, 0.2) is 79.0 Å². The van der Waals surface area contributed by atoms with Crippen molar-refractivity contribution < 1.29 is 9.18 Å². The van der Waals surface area contributed by atoms with Gasteiger partial charge in [0, 0.05) is 30.6 Å².